The van der Waals surface area contributed by atoms with E-state index >= 15 is 4.39 Å². The third-order valence-corrected chi connectivity index (χ3v) is 7.08. The van der Waals surface area contributed by atoms with Crippen molar-refractivity contribution in [3.05, 3.63) is 36.0 Å². The molecule has 0 bridgehead atoms. The Morgan fingerprint density at radius 3 is 2.58 bits per heavy atom. The molecule has 0 atom stereocenters. The number of hydrogen-bond acceptors (Lipinski definition) is 7. The molecule has 4 heterocycles. The number of ether oxygens (including phenoxy) is 1. The molecule has 1 saturated heterocycles. The summed E-state index contributed by atoms with van der Waals surface area (Å²) in [4.78, 5) is 30.0. The maximum absolute atomic E-state index is 15.4. The fourth-order valence-electron chi connectivity index (χ4n) is 5.17. The molecule has 1 aliphatic heterocycles. The molecule has 2 fully saturated rings. The number of nitrogens with zero attached hydrogens (tertiary/aromatic N) is 6. The van der Waals surface area contributed by atoms with Crippen molar-refractivity contribution in [3.63, 3.8) is 0 Å². The number of hydrogen-bond donors (Lipinski definition) is 1. The first kappa shape index (κ1) is 24.4. The number of pyridine rings is 1. The van der Waals surface area contributed by atoms with Crippen LogP contribution in [0.5, 0.6) is 5.88 Å². The molecular weight excluding hydrogens is 461 g/mol. The summed E-state index contributed by atoms with van der Waals surface area (Å²) in [6.45, 7) is 3.80. The van der Waals surface area contributed by atoms with E-state index in [4.69, 9.17) is 4.74 Å². The normalized spacial score (nSPS) is 17.0. The van der Waals surface area contributed by atoms with Gasteiger partial charge in [-0.2, -0.15) is 4.98 Å². The van der Waals surface area contributed by atoms with Gasteiger partial charge in [0.25, 0.3) is 5.91 Å². The molecule has 1 saturated carbocycles. The monoisotopic (exact) mass is 495 g/mol. The SMILES string of the molecule is CN(C)C(=O)c1c(F)c2cnc(Nc3ccc(OCCN4CCCCC4)nc3)nc2n1C1CCCC1. The molecule has 9 nitrogen and oxygen atoms in total. The average Bonchev–Trinajstić information content (AvgIpc) is 3.51. The van der Waals surface area contributed by atoms with Crippen molar-refractivity contribution in [2.45, 2.75) is 51.0 Å². The van der Waals surface area contributed by atoms with Crippen LogP contribution in [-0.4, -0.2) is 75.6 Å². The Kier molecular flexibility index (Phi) is 7.31. The number of piperidine rings is 1. The predicted molar refractivity (Wildman–Crippen MR) is 136 cm³/mol. The van der Waals surface area contributed by atoms with E-state index in [2.05, 4.69) is 25.2 Å². The van der Waals surface area contributed by atoms with Crippen LogP contribution >= 0.6 is 0 Å². The number of amides is 1. The van der Waals surface area contributed by atoms with Gasteiger partial charge in [-0.3, -0.25) is 9.69 Å². The minimum atomic E-state index is -0.560. The Balaban J connectivity index is 1.32. The maximum atomic E-state index is 15.4. The quantitative estimate of drug-likeness (QED) is 0.496. The number of likely N-dealkylation sites (tertiary alicyclic amines) is 1. The molecule has 0 spiro atoms. The molecule has 0 radical (unpaired) electrons. The topological polar surface area (TPSA) is 88.4 Å². The molecular formula is C26H34FN7O2. The summed E-state index contributed by atoms with van der Waals surface area (Å²) in [6.07, 6.45) is 10.9. The van der Waals surface area contributed by atoms with Crippen LogP contribution in [0.25, 0.3) is 11.0 Å². The largest absolute Gasteiger partial charge is 0.476 e. The van der Waals surface area contributed by atoms with E-state index in [1.807, 2.05) is 12.1 Å². The number of fused-ring (bicyclic) bond motifs is 1. The van der Waals surface area contributed by atoms with E-state index in [1.54, 1.807) is 24.9 Å². The predicted octanol–water partition coefficient (Wildman–Crippen LogP) is 4.39. The average molecular weight is 496 g/mol. The van der Waals surface area contributed by atoms with Crippen LogP contribution in [0.3, 0.4) is 0 Å². The van der Waals surface area contributed by atoms with Crippen LogP contribution in [0.1, 0.15) is 61.5 Å². The van der Waals surface area contributed by atoms with Crippen molar-refractivity contribution in [2.75, 3.05) is 45.7 Å². The lowest BCUT2D eigenvalue weighted by molar-refractivity contribution is 0.0810. The van der Waals surface area contributed by atoms with Gasteiger partial charge in [-0.25, -0.2) is 14.4 Å². The lowest BCUT2D eigenvalue weighted by atomic mass is 10.1. The first-order valence-electron chi connectivity index (χ1n) is 12.9. The van der Waals surface area contributed by atoms with Crippen molar-refractivity contribution < 1.29 is 13.9 Å². The summed E-state index contributed by atoms with van der Waals surface area (Å²) in [5.41, 5.74) is 1.19. The molecule has 10 heteroatoms. The highest BCUT2D eigenvalue weighted by Gasteiger charge is 2.31. The van der Waals surface area contributed by atoms with Crippen molar-refractivity contribution >= 4 is 28.6 Å². The number of halogens is 1. The van der Waals surface area contributed by atoms with E-state index < -0.39 is 5.82 Å². The first-order chi connectivity index (χ1) is 17.5. The van der Waals surface area contributed by atoms with Gasteiger partial charge in [0, 0.05) is 38.9 Å². The number of carbonyl (C=O) groups excluding carboxylic acids is 1. The zero-order chi connectivity index (χ0) is 25.1. The summed E-state index contributed by atoms with van der Waals surface area (Å²) in [5.74, 6) is -0.0385. The molecule has 0 unspecified atom stereocenters. The van der Waals surface area contributed by atoms with Crippen molar-refractivity contribution in [1.29, 1.82) is 0 Å². The molecule has 192 valence electrons. The molecule has 36 heavy (non-hydrogen) atoms. The van der Waals surface area contributed by atoms with Crippen molar-refractivity contribution in [2.24, 2.45) is 0 Å². The number of anilines is 2. The molecule has 0 aromatic carbocycles. The van der Waals surface area contributed by atoms with Crippen LogP contribution in [0.2, 0.25) is 0 Å². The summed E-state index contributed by atoms with van der Waals surface area (Å²) in [7, 11) is 3.26. The second-order valence-electron chi connectivity index (χ2n) is 9.86. The third kappa shape index (κ3) is 5.13. The highest BCUT2D eigenvalue weighted by Crippen LogP contribution is 2.36. The first-order valence-corrected chi connectivity index (χ1v) is 12.9. The molecule has 1 aliphatic carbocycles. The Morgan fingerprint density at radius 1 is 1.11 bits per heavy atom. The van der Waals surface area contributed by atoms with Gasteiger partial charge in [0.1, 0.15) is 17.9 Å². The summed E-state index contributed by atoms with van der Waals surface area (Å²) >= 11 is 0. The number of rotatable bonds is 8. The molecule has 3 aromatic rings. The van der Waals surface area contributed by atoms with Gasteiger partial charge in [0.15, 0.2) is 5.82 Å². The van der Waals surface area contributed by atoms with Crippen LogP contribution in [0.15, 0.2) is 24.5 Å². The van der Waals surface area contributed by atoms with Gasteiger partial charge in [-0.15, -0.1) is 0 Å². The zero-order valence-corrected chi connectivity index (χ0v) is 21.0. The van der Waals surface area contributed by atoms with Gasteiger partial charge in [0.2, 0.25) is 11.8 Å². The smallest absolute Gasteiger partial charge is 0.273 e. The molecule has 5 rings (SSSR count). The summed E-state index contributed by atoms with van der Waals surface area (Å²) < 4.78 is 23.0. The van der Waals surface area contributed by atoms with Crippen LogP contribution < -0.4 is 10.1 Å². The Labute approximate surface area is 210 Å². The van der Waals surface area contributed by atoms with Crippen LogP contribution in [-0.2, 0) is 0 Å². The fraction of sp³-hybridized carbons (Fsp3) is 0.538. The third-order valence-electron chi connectivity index (χ3n) is 7.08. The summed E-state index contributed by atoms with van der Waals surface area (Å²) in [6, 6.07) is 3.71. The van der Waals surface area contributed by atoms with Crippen molar-refractivity contribution in [1.82, 2.24) is 29.3 Å². The van der Waals surface area contributed by atoms with Gasteiger partial charge < -0.3 is 19.5 Å². The van der Waals surface area contributed by atoms with E-state index in [0.717, 1.165) is 45.3 Å². The van der Waals surface area contributed by atoms with E-state index in [0.29, 0.717) is 29.8 Å². The number of aromatic nitrogens is 4. The number of nitrogens with one attached hydrogen (secondary N) is 1. The van der Waals surface area contributed by atoms with E-state index in [1.165, 1.54) is 30.4 Å². The van der Waals surface area contributed by atoms with Crippen LogP contribution in [0, 0.1) is 5.82 Å². The lowest BCUT2D eigenvalue weighted by Gasteiger charge is -2.26. The van der Waals surface area contributed by atoms with Gasteiger partial charge in [0.05, 0.1) is 17.3 Å². The van der Waals surface area contributed by atoms with Gasteiger partial charge in [-0.05, 0) is 44.8 Å². The van der Waals surface area contributed by atoms with Gasteiger partial charge >= 0.3 is 0 Å². The highest BCUT2D eigenvalue weighted by atomic mass is 19.1. The maximum Gasteiger partial charge on any atom is 0.273 e. The highest BCUT2D eigenvalue weighted by molar-refractivity contribution is 5.98. The minimum absolute atomic E-state index is 0.0432. The molecule has 3 aromatic heterocycles. The standard InChI is InChI=1S/C26H34FN7O2/c1-32(2)25(35)23-22(27)20-17-29-26(31-24(20)34(23)19-8-4-5-9-19)30-18-10-11-21(28-16-18)36-15-14-33-12-6-3-7-13-33/h10-11,16-17,19H,3-9,12-15H2,1-2H3,(H,29,30,31). The van der Waals surface area contributed by atoms with Crippen molar-refractivity contribution in [3.8, 4) is 5.88 Å². The van der Waals surface area contributed by atoms with E-state index in [9.17, 15) is 4.79 Å². The zero-order valence-electron chi connectivity index (χ0n) is 21.0. The summed E-state index contributed by atoms with van der Waals surface area (Å²) in [5, 5.41) is 3.41. The Bertz CT molecular complexity index is 1200. The second-order valence-corrected chi connectivity index (χ2v) is 9.86. The lowest BCUT2D eigenvalue weighted by Crippen LogP contribution is -2.33. The van der Waals surface area contributed by atoms with Gasteiger partial charge in [-0.1, -0.05) is 19.3 Å². The molecule has 1 amide bonds. The number of carbonyl (C=O) groups is 1. The second kappa shape index (κ2) is 10.8. The minimum Gasteiger partial charge on any atom is -0.476 e. The Hall–Kier alpha value is -3.27. The van der Waals surface area contributed by atoms with E-state index in [-0.39, 0.29) is 23.0 Å². The fourth-order valence-corrected chi connectivity index (χ4v) is 5.17. The Morgan fingerprint density at radius 2 is 1.89 bits per heavy atom. The van der Waals surface area contributed by atoms with Crippen LogP contribution in [0.4, 0.5) is 16.0 Å². The molecule has 1 N–H and O–H groups in total. The molecule has 2 aliphatic rings.